The summed E-state index contributed by atoms with van der Waals surface area (Å²) in [5.41, 5.74) is 4.89. The number of hydrogen-bond donors (Lipinski definition) is 1. The molecule has 1 atom stereocenters. The predicted molar refractivity (Wildman–Crippen MR) is 148 cm³/mol. The summed E-state index contributed by atoms with van der Waals surface area (Å²) in [4.78, 5) is 8.00. The van der Waals surface area contributed by atoms with Crippen molar-refractivity contribution >= 4 is 19.7 Å². The van der Waals surface area contributed by atoms with Crippen LogP contribution in [0.2, 0.25) is 0 Å². The molecule has 1 radical (unpaired) electrons. The summed E-state index contributed by atoms with van der Waals surface area (Å²) < 4.78 is 5.49. The first-order chi connectivity index (χ1) is 15.4. The van der Waals surface area contributed by atoms with E-state index in [4.69, 9.17) is 9.53 Å². The van der Waals surface area contributed by atoms with Crippen LogP contribution in [0.25, 0.3) is 0 Å². The van der Waals surface area contributed by atoms with Gasteiger partial charge in [0.1, 0.15) is 12.5 Å². The molecular weight excluding hydrogens is 502 g/mol. The van der Waals surface area contributed by atoms with Gasteiger partial charge in [-0.15, -0.1) is 0 Å². The minimum Gasteiger partial charge on any atom is -0.497 e. The Morgan fingerprint density at radius 1 is 1.06 bits per heavy atom. The number of ether oxygens (including phenoxy) is 1. The number of carbonyl (C=O) groups is 1. The SMILES string of the molecule is C=O.CCCC[P+](CCCC)(C(C)CCC)C1(CNc2c(C)cc(OC)cc2C)CCC1.[HH].[Y]. The largest absolute Gasteiger partial charge is 0.497 e. The van der Waals surface area contributed by atoms with E-state index in [9.17, 15) is 0 Å². The predicted octanol–water partition coefficient (Wildman–Crippen LogP) is 8.51. The molecule has 0 heterocycles. The standard InChI is InChI=1S/C27H49NOP.CH2O.Y.H2/c1-8-11-17-30(18-12-9-2,24(6)14-10-3)27(15-13-16-27)21-28-26-22(4)19-25(29-7)20-23(26)5;1-2;;/h19-20,24,28H,8-18,21H2,1-7H3;1H2;;1H/q+1;;;. The molecule has 2 rings (SSSR count). The maximum Gasteiger partial charge on any atom is 0.119 e. The summed E-state index contributed by atoms with van der Waals surface area (Å²) in [7, 11) is 0.722. The van der Waals surface area contributed by atoms with Gasteiger partial charge in [0.05, 0.1) is 36.8 Å². The van der Waals surface area contributed by atoms with E-state index in [0.717, 1.165) is 11.4 Å². The van der Waals surface area contributed by atoms with E-state index in [0.29, 0.717) is 5.16 Å². The maximum absolute atomic E-state index is 8.00. The van der Waals surface area contributed by atoms with E-state index >= 15 is 0 Å². The molecule has 0 amide bonds. The van der Waals surface area contributed by atoms with Crippen molar-refractivity contribution in [3.05, 3.63) is 23.3 Å². The Hall–Kier alpha value is 0.0239. The summed E-state index contributed by atoms with van der Waals surface area (Å²) in [5.74, 6) is 0.971. The number of benzene rings is 1. The molecule has 0 aromatic heterocycles. The molecule has 0 aliphatic heterocycles. The number of anilines is 1. The van der Waals surface area contributed by atoms with Gasteiger partial charge in [-0.25, -0.2) is 0 Å². The third-order valence-electron chi connectivity index (χ3n) is 7.94. The van der Waals surface area contributed by atoms with Gasteiger partial charge < -0.3 is 14.8 Å². The number of rotatable bonds is 14. The molecule has 189 valence electrons. The zero-order valence-electron chi connectivity index (χ0n) is 22.8. The molecule has 1 fully saturated rings. The van der Waals surface area contributed by atoms with Crippen LogP contribution in [0.3, 0.4) is 0 Å². The third kappa shape index (κ3) is 8.01. The van der Waals surface area contributed by atoms with Crippen LogP contribution in [0.5, 0.6) is 5.75 Å². The molecule has 3 nitrogen and oxygen atoms in total. The molecule has 0 spiro atoms. The van der Waals surface area contributed by atoms with Gasteiger partial charge in [-0.1, -0.05) is 40.0 Å². The summed E-state index contributed by atoms with van der Waals surface area (Å²) in [6.45, 7) is 17.4. The van der Waals surface area contributed by atoms with E-state index in [1.807, 2.05) is 6.79 Å². The number of nitrogens with one attached hydrogen (secondary N) is 1. The Labute approximate surface area is 232 Å². The average molecular weight is 556 g/mol. The van der Waals surface area contributed by atoms with Crippen molar-refractivity contribution in [3.63, 3.8) is 0 Å². The van der Waals surface area contributed by atoms with Gasteiger partial charge in [0.2, 0.25) is 0 Å². The first-order valence-electron chi connectivity index (χ1n) is 12.9. The molecule has 1 aliphatic carbocycles. The first-order valence-corrected chi connectivity index (χ1v) is 15.2. The Kier molecular flexibility index (Phi) is 16.7. The molecule has 0 saturated heterocycles. The van der Waals surface area contributed by atoms with Crippen molar-refractivity contribution < 1.29 is 43.7 Å². The zero-order chi connectivity index (χ0) is 24.2. The normalized spacial score (nSPS) is 15.4. The van der Waals surface area contributed by atoms with Crippen LogP contribution in [0.4, 0.5) is 5.69 Å². The van der Waals surface area contributed by atoms with Gasteiger partial charge in [0, 0.05) is 47.1 Å². The van der Waals surface area contributed by atoms with Crippen LogP contribution < -0.4 is 10.1 Å². The van der Waals surface area contributed by atoms with Crippen molar-refractivity contribution in [2.24, 2.45) is 0 Å². The van der Waals surface area contributed by atoms with Crippen molar-refractivity contribution in [1.82, 2.24) is 0 Å². The zero-order valence-corrected chi connectivity index (χ0v) is 26.5. The smallest absolute Gasteiger partial charge is 0.119 e. The Morgan fingerprint density at radius 2 is 1.58 bits per heavy atom. The average Bonchev–Trinajstić information content (AvgIpc) is 2.76. The van der Waals surface area contributed by atoms with Gasteiger partial charge in [-0.05, 0) is 82.6 Å². The van der Waals surface area contributed by atoms with Crippen molar-refractivity contribution in [3.8, 4) is 5.75 Å². The number of unbranched alkanes of at least 4 members (excludes halogenated alkanes) is 2. The molecule has 5 heteroatoms. The van der Waals surface area contributed by atoms with E-state index in [1.165, 1.54) is 93.5 Å². The molecule has 1 N–H and O–H groups in total. The molecule has 33 heavy (non-hydrogen) atoms. The number of carbonyl (C=O) groups excluding carboxylic acids is 1. The van der Waals surface area contributed by atoms with Gasteiger partial charge in [-0.3, -0.25) is 0 Å². The molecule has 1 saturated carbocycles. The molecule has 1 aromatic carbocycles. The number of hydrogen-bond acceptors (Lipinski definition) is 3. The monoisotopic (exact) mass is 555 g/mol. The second-order valence-corrected chi connectivity index (χ2v) is 14.7. The second-order valence-electron chi connectivity index (χ2n) is 9.89. The van der Waals surface area contributed by atoms with Crippen molar-refractivity contribution in [2.45, 2.75) is 110 Å². The first kappa shape index (κ1) is 33.0. The van der Waals surface area contributed by atoms with E-state index in [1.54, 1.807) is 7.11 Å². The second kappa shape index (κ2) is 16.7. The van der Waals surface area contributed by atoms with E-state index in [-0.39, 0.29) is 34.1 Å². The topological polar surface area (TPSA) is 38.3 Å². The Morgan fingerprint density at radius 3 is 1.94 bits per heavy atom. The van der Waals surface area contributed by atoms with Crippen molar-refractivity contribution in [1.29, 1.82) is 0 Å². The van der Waals surface area contributed by atoms with Crippen LogP contribution in [-0.4, -0.2) is 43.6 Å². The molecule has 1 unspecified atom stereocenters. The number of aryl methyl sites for hydroxylation is 2. The summed E-state index contributed by atoms with van der Waals surface area (Å²) in [5, 5.41) is 4.56. The summed E-state index contributed by atoms with van der Waals surface area (Å²) in [6, 6.07) is 4.36. The van der Waals surface area contributed by atoms with Gasteiger partial charge in [0.25, 0.3) is 0 Å². The molecule has 1 aliphatic rings. The summed E-state index contributed by atoms with van der Waals surface area (Å²) in [6.07, 6.45) is 15.7. The van der Waals surface area contributed by atoms with E-state index < -0.39 is 7.26 Å². The fourth-order valence-electron chi connectivity index (χ4n) is 5.98. The maximum atomic E-state index is 8.00. The van der Waals surface area contributed by atoms with Crippen LogP contribution in [0.15, 0.2) is 12.1 Å². The van der Waals surface area contributed by atoms with Crippen LogP contribution in [-0.2, 0) is 37.5 Å². The van der Waals surface area contributed by atoms with E-state index in [2.05, 4.69) is 59.0 Å². The minimum atomic E-state index is -1.04. The summed E-state index contributed by atoms with van der Waals surface area (Å²) >= 11 is 0. The van der Waals surface area contributed by atoms with Crippen LogP contribution in [0.1, 0.15) is 98.0 Å². The Balaban J connectivity index is 0. The van der Waals surface area contributed by atoms with Crippen LogP contribution >= 0.6 is 7.26 Å². The number of methoxy groups -OCH3 is 1. The van der Waals surface area contributed by atoms with Gasteiger partial charge in [0.15, 0.2) is 0 Å². The quantitative estimate of drug-likeness (QED) is 0.234. The molecule has 0 bridgehead atoms. The fourth-order valence-corrected chi connectivity index (χ4v) is 13.1. The fraction of sp³-hybridized carbons (Fsp3) is 0.750. The van der Waals surface area contributed by atoms with Gasteiger partial charge in [-0.2, -0.15) is 0 Å². The van der Waals surface area contributed by atoms with Crippen LogP contribution in [0, 0.1) is 13.8 Å². The third-order valence-corrected chi connectivity index (χ3v) is 14.6. The molecule has 1 aromatic rings. The molecular formula is C28H53NO2PY+. The van der Waals surface area contributed by atoms with Crippen molar-refractivity contribution in [2.75, 3.05) is 31.3 Å². The Bertz CT molecular complexity index is 653. The minimum absolute atomic E-state index is 0. The van der Waals surface area contributed by atoms with Gasteiger partial charge >= 0.3 is 0 Å².